The second kappa shape index (κ2) is 8.16. The second-order valence-electron chi connectivity index (χ2n) is 3.78. The molecule has 0 aliphatic rings. The Morgan fingerprint density at radius 1 is 1.32 bits per heavy atom. The molecule has 0 unspecified atom stereocenters. The Balaban J connectivity index is 2.89. The van der Waals surface area contributed by atoms with Crippen molar-refractivity contribution >= 4 is 12.0 Å². The Morgan fingerprint density at radius 3 is 2.74 bits per heavy atom. The number of rotatable bonds is 8. The molecule has 0 aromatic heterocycles. The van der Waals surface area contributed by atoms with Crippen molar-refractivity contribution in [1.29, 1.82) is 0 Å². The van der Waals surface area contributed by atoms with E-state index in [1.807, 2.05) is 6.92 Å². The number of hydrogen-bond acceptors (Lipinski definition) is 4. The first kappa shape index (κ1) is 15.0. The number of hydrogen-bond donors (Lipinski definition) is 1. The van der Waals surface area contributed by atoms with E-state index in [4.69, 9.17) is 19.3 Å². The van der Waals surface area contributed by atoms with E-state index >= 15 is 0 Å². The number of ether oxygens (including phenoxy) is 3. The first-order valence-electron chi connectivity index (χ1n) is 5.97. The van der Waals surface area contributed by atoms with Gasteiger partial charge >= 0.3 is 5.97 Å². The van der Waals surface area contributed by atoms with Crippen molar-refractivity contribution in [3.05, 3.63) is 29.8 Å². The molecule has 0 atom stereocenters. The van der Waals surface area contributed by atoms with E-state index in [1.54, 1.807) is 18.2 Å². The average Bonchev–Trinajstić information content (AvgIpc) is 2.41. The minimum absolute atomic E-state index is 0.132. The molecule has 0 spiro atoms. The minimum Gasteiger partial charge on any atom is -0.490 e. The third-order valence-electron chi connectivity index (χ3n) is 2.18. The molecule has 0 radical (unpaired) electrons. The summed E-state index contributed by atoms with van der Waals surface area (Å²) in [7, 11) is 1.54. The molecule has 1 aromatic rings. The van der Waals surface area contributed by atoms with E-state index < -0.39 is 5.97 Å². The van der Waals surface area contributed by atoms with Crippen LogP contribution >= 0.6 is 0 Å². The van der Waals surface area contributed by atoms with E-state index in [0.717, 1.165) is 18.1 Å². The van der Waals surface area contributed by atoms with Crippen molar-refractivity contribution in [3.8, 4) is 11.5 Å². The van der Waals surface area contributed by atoms with Crippen molar-refractivity contribution < 1.29 is 24.1 Å². The normalized spacial score (nSPS) is 10.6. The first-order valence-corrected chi connectivity index (χ1v) is 5.97. The lowest BCUT2D eigenvalue weighted by Crippen LogP contribution is -2.03. The average molecular weight is 266 g/mol. The Kier molecular flexibility index (Phi) is 6.46. The van der Waals surface area contributed by atoms with Crippen LogP contribution < -0.4 is 9.47 Å². The molecular formula is C14H18O5. The molecule has 0 saturated heterocycles. The monoisotopic (exact) mass is 266 g/mol. The second-order valence-corrected chi connectivity index (χ2v) is 3.78. The SMILES string of the molecule is CCCOc1cc(C=CC(=O)O)ccc1OCOC. The van der Waals surface area contributed by atoms with Gasteiger partial charge in [-0.15, -0.1) is 0 Å². The fourth-order valence-corrected chi connectivity index (χ4v) is 1.36. The van der Waals surface area contributed by atoms with Gasteiger partial charge in [0.1, 0.15) is 0 Å². The fraction of sp³-hybridized carbons (Fsp3) is 0.357. The van der Waals surface area contributed by atoms with Crippen LogP contribution in [0, 0.1) is 0 Å². The van der Waals surface area contributed by atoms with Gasteiger partial charge in [-0.05, 0) is 30.2 Å². The summed E-state index contributed by atoms with van der Waals surface area (Å²) in [4.78, 5) is 10.5. The highest BCUT2D eigenvalue weighted by atomic mass is 16.7. The van der Waals surface area contributed by atoms with E-state index in [0.29, 0.717) is 18.1 Å². The highest BCUT2D eigenvalue weighted by Crippen LogP contribution is 2.29. The van der Waals surface area contributed by atoms with Gasteiger partial charge in [0.15, 0.2) is 18.3 Å². The van der Waals surface area contributed by atoms with E-state index in [2.05, 4.69) is 0 Å². The molecule has 0 aliphatic heterocycles. The molecule has 0 bridgehead atoms. The van der Waals surface area contributed by atoms with E-state index in [9.17, 15) is 4.79 Å². The molecule has 0 fully saturated rings. The summed E-state index contributed by atoms with van der Waals surface area (Å²) < 4.78 is 15.8. The third-order valence-corrected chi connectivity index (χ3v) is 2.18. The number of aliphatic carboxylic acids is 1. The Bertz CT molecular complexity index is 439. The van der Waals surface area contributed by atoms with Crippen molar-refractivity contribution in [2.24, 2.45) is 0 Å². The molecule has 0 saturated carbocycles. The molecule has 104 valence electrons. The zero-order chi connectivity index (χ0) is 14.1. The predicted octanol–water partition coefficient (Wildman–Crippen LogP) is 2.56. The van der Waals surface area contributed by atoms with Gasteiger partial charge in [0.25, 0.3) is 0 Å². The maximum atomic E-state index is 10.5. The molecule has 0 amide bonds. The maximum Gasteiger partial charge on any atom is 0.328 e. The molecule has 1 rings (SSSR count). The van der Waals surface area contributed by atoms with Crippen LogP contribution in [-0.2, 0) is 9.53 Å². The lowest BCUT2D eigenvalue weighted by molar-refractivity contribution is -0.131. The van der Waals surface area contributed by atoms with Crippen LogP contribution in [0.4, 0.5) is 0 Å². The number of benzene rings is 1. The van der Waals surface area contributed by atoms with Crippen LogP contribution in [0.15, 0.2) is 24.3 Å². The van der Waals surface area contributed by atoms with Gasteiger partial charge in [0, 0.05) is 13.2 Å². The molecule has 0 aliphatic carbocycles. The Labute approximate surface area is 112 Å². The number of carboxylic acids is 1. The highest BCUT2D eigenvalue weighted by molar-refractivity contribution is 5.85. The fourth-order valence-electron chi connectivity index (χ4n) is 1.36. The van der Waals surface area contributed by atoms with Gasteiger partial charge in [0.05, 0.1) is 6.61 Å². The molecule has 19 heavy (non-hydrogen) atoms. The van der Waals surface area contributed by atoms with Crippen molar-refractivity contribution in [2.75, 3.05) is 20.5 Å². The van der Waals surface area contributed by atoms with Gasteiger partial charge in [-0.2, -0.15) is 0 Å². The maximum absolute atomic E-state index is 10.5. The molecule has 1 aromatic carbocycles. The lowest BCUT2D eigenvalue weighted by atomic mass is 10.2. The summed E-state index contributed by atoms with van der Waals surface area (Å²) in [5, 5.41) is 8.60. The largest absolute Gasteiger partial charge is 0.490 e. The van der Waals surface area contributed by atoms with Crippen LogP contribution in [0.25, 0.3) is 6.08 Å². The van der Waals surface area contributed by atoms with Crippen LogP contribution in [0.3, 0.4) is 0 Å². The summed E-state index contributed by atoms with van der Waals surface area (Å²) >= 11 is 0. The van der Waals surface area contributed by atoms with Crippen molar-refractivity contribution in [1.82, 2.24) is 0 Å². The summed E-state index contributed by atoms with van der Waals surface area (Å²) in [6.07, 6.45) is 3.45. The van der Waals surface area contributed by atoms with Crippen LogP contribution in [0.5, 0.6) is 11.5 Å². The molecular weight excluding hydrogens is 248 g/mol. The van der Waals surface area contributed by atoms with Gasteiger partial charge < -0.3 is 19.3 Å². The standard InChI is InChI=1S/C14H18O5/c1-3-8-18-13-9-11(5-7-14(15)16)4-6-12(13)19-10-17-2/h4-7,9H,3,8,10H2,1-2H3,(H,15,16). The Morgan fingerprint density at radius 2 is 2.11 bits per heavy atom. The zero-order valence-corrected chi connectivity index (χ0v) is 11.1. The quantitative estimate of drug-likeness (QED) is 0.578. The number of carbonyl (C=O) groups is 1. The molecule has 0 heterocycles. The van der Waals surface area contributed by atoms with Crippen LogP contribution in [0.2, 0.25) is 0 Å². The van der Waals surface area contributed by atoms with E-state index in [1.165, 1.54) is 13.2 Å². The van der Waals surface area contributed by atoms with Crippen LogP contribution in [0.1, 0.15) is 18.9 Å². The van der Waals surface area contributed by atoms with E-state index in [-0.39, 0.29) is 6.79 Å². The van der Waals surface area contributed by atoms with Gasteiger partial charge in [0.2, 0.25) is 0 Å². The number of carboxylic acid groups (broad SMARTS) is 1. The predicted molar refractivity (Wildman–Crippen MR) is 71.4 cm³/mol. The van der Waals surface area contributed by atoms with Gasteiger partial charge in [-0.1, -0.05) is 13.0 Å². The molecule has 5 nitrogen and oxygen atoms in total. The molecule has 5 heteroatoms. The smallest absolute Gasteiger partial charge is 0.328 e. The summed E-state index contributed by atoms with van der Waals surface area (Å²) in [5.41, 5.74) is 0.735. The summed E-state index contributed by atoms with van der Waals surface area (Å²) in [5.74, 6) is 0.157. The van der Waals surface area contributed by atoms with Gasteiger partial charge in [-0.25, -0.2) is 4.79 Å². The minimum atomic E-state index is -0.990. The number of methoxy groups -OCH3 is 1. The summed E-state index contributed by atoms with van der Waals surface area (Å²) in [6, 6.07) is 5.22. The highest BCUT2D eigenvalue weighted by Gasteiger charge is 2.06. The summed E-state index contributed by atoms with van der Waals surface area (Å²) in [6.45, 7) is 2.70. The zero-order valence-electron chi connectivity index (χ0n) is 11.1. The Hall–Kier alpha value is -2.01. The first-order chi connectivity index (χ1) is 9.17. The lowest BCUT2D eigenvalue weighted by Gasteiger charge is -2.12. The molecule has 1 N–H and O–H groups in total. The topological polar surface area (TPSA) is 65.0 Å². The third kappa shape index (κ3) is 5.44. The van der Waals surface area contributed by atoms with Crippen molar-refractivity contribution in [2.45, 2.75) is 13.3 Å². The van der Waals surface area contributed by atoms with Crippen molar-refractivity contribution in [3.63, 3.8) is 0 Å². The van der Waals surface area contributed by atoms with Crippen LogP contribution in [-0.4, -0.2) is 31.6 Å². The van der Waals surface area contributed by atoms with Gasteiger partial charge in [-0.3, -0.25) is 0 Å².